The van der Waals surface area contributed by atoms with Crippen LogP contribution in [0.5, 0.6) is 0 Å². The summed E-state index contributed by atoms with van der Waals surface area (Å²) in [6.45, 7) is 0. The van der Waals surface area contributed by atoms with Gasteiger partial charge in [-0.25, -0.2) is 15.0 Å². The molecule has 0 radical (unpaired) electrons. The van der Waals surface area contributed by atoms with E-state index in [0.29, 0.717) is 17.5 Å². The molecule has 0 saturated carbocycles. The largest absolute Gasteiger partial charge is 0.456 e. The Morgan fingerprint density at radius 2 is 0.793 bits per heavy atom. The van der Waals surface area contributed by atoms with E-state index in [9.17, 15) is 0 Å². The van der Waals surface area contributed by atoms with E-state index in [1.165, 1.54) is 5.56 Å². The minimum Gasteiger partial charge on any atom is -0.456 e. The highest BCUT2D eigenvalue weighted by Crippen LogP contribution is 2.39. The topological polar surface area (TPSA) is 65.0 Å². The standard InChI is InChI=1S/C53H31N3O2/c1-2-9-32(10-3-1)37-24-17-33-18-25-38(30-40(33)29-37)52-54-51(36-22-19-34(20-23-36)41-13-8-16-47-49(41)42-11-4-6-14-45(42)57-47)55-53(56-52)39-26-21-35-27-28-48-50(44(35)31-39)43-12-5-7-15-46(43)58-48/h1-31H. The van der Waals surface area contributed by atoms with Gasteiger partial charge in [0.15, 0.2) is 17.5 Å². The molecule has 58 heavy (non-hydrogen) atoms. The summed E-state index contributed by atoms with van der Waals surface area (Å²) in [5.74, 6) is 1.81. The van der Waals surface area contributed by atoms with Gasteiger partial charge >= 0.3 is 0 Å². The zero-order valence-electron chi connectivity index (χ0n) is 31.1. The lowest BCUT2D eigenvalue weighted by atomic mass is 9.98. The first-order chi connectivity index (χ1) is 28.7. The van der Waals surface area contributed by atoms with Crippen LogP contribution in [-0.4, -0.2) is 15.0 Å². The van der Waals surface area contributed by atoms with Crippen LogP contribution in [-0.2, 0) is 0 Å². The number of benzene rings is 9. The van der Waals surface area contributed by atoms with Crippen LogP contribution in [0, 0.1) is 0 Å². The minimum atomic E-state index is 0.601. The van der Waals surface area contributed by atoms with Gasteiger partial charge in [0.2, 0.25) is 0 Å². The van der Waals surface area contributed by atoms with Crippen molar-refractivity contribution in [3.05, 3.63) is 188 Å². The molecule has 0 aliphatic heterocycles. The van der Waals surface area contributed by atoms with E-state index >= 15 is 0 Å². The lowest BCUT2D eigenvalue weighted by Gasteiger charge is -2.11. The van der Waals surface area contributed by atoms with Crippen LogP contribution in [0.2, 0.25) is 0 Å². The fraction of sp³-hybridized carbons (Fsp3) is 0. The van der Waals surface area contributed by atoms with E-state index in [1.807, 2.05) is 36.4 Å². The molecule has 5 nitrogen and oxygen atoms in total. The third kappa shape index (κ3) is 5.29. The van der Waals surface area contributed by atoms with Gasteiger partial charge in [-0.05, 0) is 86.3 Å². The summed E-state index contributed by atoms with van der Waals surface area (Å²) < 4.78 is 12.5. The van der Waals surface area contributed by atoms with Crippen molar-refractivity contribution < 1.29 is 8.83 Å². The van der Waals surface area contributed by atoms with Crippen LogP contribution >= 0.6 is 0 Å². The van der Waals surface area contributed by atoms with Crippen molar-refractivity contribution in [1.82, 2.24) is 15.0 Å². The number of rotatable bonds is 5. The van der Waals surface area contributed by atoms with Crippen LogP contribution in [0.4, 0.5) is 0 Å². The second kappa shape index (κ2) is 12.8. The Morgan fingerprint density at radius 3 is 1.53 bits per heavy atom. The first kappa shape index (κ1) is 32.4. The van der Waals surface area contributed by atoms with Crippen molar-refractivity contribution in [2.75, 3.05) is 0 Å². The number of nitrogens with zero attached hydrogens (tertiary/aromatic N) is 3. The molecule has 0 aliphatic rings. The molecule has 0 saturated heterocycles. The minimum absolute atomic E-state index is 0.601. The van der Waals surface area contributed by atoms with Crippen molar-refractivity contribution in [2.24, 2.45) is 0 Å². The van der Waals surface area contributed by atoms with Gasteiger partial charge in [0.05, 0.1) is 0 Å². The number of fused-ring (bicyclic) bond motifs is 9. The van der Waals surface area contributed by atoms with Crippen molar-refractivity contribution >= 4 is 65.4 Å². The molecule has 12 rings (SSSR count). The van der Waals surface area contributed by atoms with E-state index in [4.69, 9.17) is 23.8 Å². The highest BCUT2D eigenvalue weighted by molar-refractivity contribution is 6.19. The molecule has 0 fully saturated rings. The first-order valence-electron chi connectivity index (χ1n) is 19.4. The molecule has 3 heterocycles. The third-order valence-corrected chi connectivity index (χ3v) is 11.3. The summed E-state index contributed by atoms with van der Waals surface area (Å²) in [6, 6.07) is 65.2. The summed E-state index contributed by atoms with van der Waals surface area (Å²) in [5, 5.41) is 8.87. The maximum atomic E-state index is 6.27. The monoisotopic (exact) mass is 741 g/mol. The van der Waals surface area contributed by atoms with Crippen molar-refractivity contribution in [3.8, 4) is 56.4 Å². The van der Waals surface area contributed by atoms with Crippen LogP contribution in [0.25, 0.3) is 122 Å². The van der Waals surface area contributed by atoms with Crippen LogP contribution in [0.15, 0.2) is 197 Å². The average molecular weight is 742 g/mol. The zero-order chi connectivity index (χ0) is 38.2. The van der Waals surface area contributed by atoms with Gasteiger partial charge in [-0.2, -0.15) is 0 Å². The van der Waals surface area contributed by atoms with Gasteiger partial charge < -0.3 is 8.83 Å². The molecule has 12 aromatic rings. The lowest BCUT2D eigenvalue weighted by Crippen LogP contribution is -2.00. The molecule has 9 aromatic carbocycles. The molecule has 0 unspecified atom stereocenters. The second-order valence-electron chi connectivity index (χ2n) is 14.8. The van der Waals surface area contributed by atoms with Gasteiger partial charge in [0, 0.05) is 38.2 Å². The fourth-order valence-corrected chi connectivity index (χ4v) is 8.46. The first-order valence-corrected chi connectivity index (χ1v) is 19.4. The predicted octanol–water partition coefficient (Wildman–Crippen LogP) is 14.3. The fourth-order valence-electron chi connectivity index (χ4n) is 8.46. The van der Waals surface area contributed by atoms with E-state index in [0.717, 1.165) is 98.8 Å². The Balaban J connectivity index is 1.02. The third-order valence-electron chi connectivity index (χ3n) is 11.3. The summed E-state index contributed by atoms with van der Waals surface area (Å²) in [4.78, 5) is 15.5. The molecule has 0 amide bonds. The zero-order valence-corrected chi connectivity index (χ0v) is 31.1. The van der Waals surface area contributed by atoms with Crippen LogP contribution in [0.1, 0.15) is 0 Å². The highest BCUT2D eigenvalue weighted by atomic mass is 16.3. The maximum absolute atomic E-state index is 6.27. The molecule has 0 atom stereocenters. The van der Waals surface area contributed by atoms with Gasteiger partial charge in [-0.1, -0.05) is 146 Å². The Morgan fingerprint density at radius 1 is 0.276 bits per heavy atom. The predicted molar refractivity (Wildman–Crippen MR) is 237 cm³/mol. The molecule has 0 N–H and O–H groups in total. The molecule has 3 aromatic heterocycles. The van der Waals surface area contributed by atoms with E-state index in [2.05, 4.69) is 152 Å². The Kier molecular flexibility index (Phi) is 7.16. The quantitative estimate of drug-likeness (QED) is 0.176. The van der Waals surface area contributed by atoms with Gasteiger partial charge in [0.1, 0.15) is 22.3 Å². The van der Waals surface area contributed by atoms with E-state index < -0.39 is 0 Å². The number of hydrogen-bond donors (Lipinski definition) is 0. The molecule has 0 aliphatic carbocycles. The average Bonchev–Trinajstić information content (AvgIpc) is 3.88. The number of aromatic nitrogens is 3. The maximum Gasteiger partial charge on any atom is 0.164 e. The van der Waals surface area contributed by atoms with Gasteiger partial charge in [-0.3, -0.25) is 0 Å². The normalized spacial score (nSPS) is 11.8. The Hall–Kier alpha value is -7.89. The van der Waals surface area contributed by atoms with E-state index in [1.54, 1.807) is 0 Å². The van der Waals surface area contributed by atoms with Crippen LogP contribution in [0.3, 0.4) is 0 Å². The van der Waals surface area contributed by atoms with Crippen molar-refractivity contribution in [2.45, 2.75) is 0 Å². The number of para-hydroxylation sites is 2. The van der Waals surface area contributed by atoms with E-state index in [-0.39, 0.29) is 0 Å². The van der Waals surface area contributed by atoms with Crippen LogP contribution < -0.4 is 0 Å². The Bertz CT molecular complexity index is 3570. The summed E-state index contributed by atoms with van der Waals surface area (Å²) >= 11 is 0. The second-order valence-corrected chi connectivity index (χ2v) is 14.8. The summed E-state index contributed by atoms with van der Waals surface area (Å²) in [6.07, 6.45) is 0. The van der Waals surface area contributed by atoms with Crippen molar-refractivity contribution in [3.63, 3.8) is 0 Å². The summed E-state index contributed by atoms with van der Waals surface area (Å²) in [5.41, 5.74) is 10.7. The van der Waals surface area contributed by atoms with Crippen molar-refractivity contribution in [1.29, 1.82) is 0 Å². The molecular weight excluding hydrogens is 711 g/mol. The lowest BCUT2D eigenvalue weighted by molar-refractivity contribution is 0.668. The smallest absolute Gasteiger partial charge is 0.164 e. The molecule has 0 spiro atoms. The van der Waals surface area contributed by atoms with Gasteiger partial charge in [-0.15, -0.1) is 0 Å². The summed E-state index contributed by atoms with van der Waals surface area (Å²) in [7, 11) is 0. The molecule has 0 bridgehead atoms. The number of furan rings is 2. The Labute approximate surface area is 332 Å². The molecule has 5 heteroatoms. The SMILES string of the molecule is c1ccc(-c2ccc3ccc(-c4nc(-c5ccc(-c6cccc7oc8ccccc8c67)cc5)nc(-c5ccc6ccc7oc8ccccc8c7c6c5)n4)cc3c2)cc1. The molecule has 270 valence electrons. The van der Waals surface area contributed by atoms with Gasteiger partial charge in [0.25, 0.3) is 0 Å². The highest BCUT2D eigenvalue weighted by Gasteiger charge is 2.17. The number of hydrogen-bond acceptors (Lipinski definition) is 5. The molecular formula is C53H31N3O2.